The molecule has 2 aromatic carbocycles. The van der Waals surface area contributed by atoms with Gasteiger partial charge in [0.05, 0.1) is 17.8 Å². The Hall–Kier alpha value is -3.25. The van der Waals surface area contributed by atoms with E-state index in [4.69, 9.17) is 4.98 Å². The highest BCUT2D eigenvalue weighted by atomic mass is 32.1. The van der Waals surface area contributed by atoms with Crippen LogP contribution < -0.4 is 5.32 Å². The summed E-state index contributed by atoms with van der Waals surface area (Å²) in [5.74, 6) is -0.0480. The topological polar surface area (TPSA) is 59.8 Å². The number of nitrogens with one attached hydrogen (secondary N) is 1. The Morgan fingerprint density at radius 1 is 1.03 bits per heavy atom. The summed E-state index contributed by atoms with van der Waals surface area (Å²) < 4.78 is 1.84. The molecule has 1 N–H and O–H groups in total. The number of anilines is 1. The molecule has 4 aromatic rings. The first-order valence-corrected chi connectivity index (χ1v) is 10.7. The molecule has 0 unspecified atom stereocenters. The van der Waals surface area contributed by atoms with Gasteiger partial charge in [-0.1, -0.05) is 36.4 Å². The maximum Gasteiger partial charge on any atom is 0.228 e. The molecule has 0 saturated carbocycles. The van der Waals surface area contributed by atoms with Crippen molar-refractivity contribution in [3.63, 3.8) is 0 Å². The Morgan fingerprint density at radius 3 is 2.53 bits per heavy atom. The lowest BCUT2D eigenvalue weighted by Crippen LogP contribution is -2.15. The molecule has 5 nitrogen and oxygen atoms in total. The standard InChI is InChI=1S/C24H24N4OS/c1-15-10-11-20(12-16(15)2)25-23(29)13-21-17(3)27-28(18(21)4)24-26-22(14-30-24)19-8-6-5-7-9-19/h5-12,14H,13H2,1-4H3,(H,25,29). The largest absolute Gasteiger partial charge is 0.326 e. The molecule has 0 aliphatic heterocycles. The number of carbonyl (C=O) groups is 1. The first-order valence-electron chi connectivity index (χ1n) is 9.86. The van der Waals surface area contributed by atoms with Crippen molar-refractivity contribution >= 4 is 22.9 Å². The summed E-state index contributed by atoms with van der Waals surface area (Å²) in [5, 5.41) is 10.5. The summed E-state index contributed by atoms with van der Waals surface area (Å²) in [6.07, 6.45) is 0.279. The average Bonchev–Trinajstić information content (AvgIpc) is 3.32. The van der Waals surface area contributed by atoms with Crippen molar-refractivity contribution < 1.29 is 4.79 Å². The fourth-order valence-electron chi connectivity index (χ4n) is 3.41. The van der Waals surface area contributed by atoms with Crippen molar-refractivity contribution in [2.24, 2.45) is 0 Å². The molecule has 0 bridgehead atoms. The minimum absolute atomic E-state index is 0.0480. The van der Waals surface area contributed by atoms with Crippen molar-refractivity contribution in [3.05, 3.63) is 82.0 Å². The third-order valence-electron chi connectivity index (χ3n) is 5.31. The molecule has 0 spiro atoms. The van der Waals surface area contributed by atoms with E-state index in [0.717, 1.165) is 44.6 Å². The molecule has 0 aliphatic rings. The zero-order valence-corrected chi connectivity index (χ0v) is 18.4. The number of nitrogens with zero attached hydrogens (tertiary/aromatic N) is 3. The monoisotopic (exact) mass is 416 g/mol. The molecule has 0 atom stereocenters. The van der Waals surface area contributed by atoms with Crippen molar-refractivity contribution in [3.8, 4) is 16.4 Å². The number of hydrogen-bond donors (Lipinski definition) is 1. The van der Waals surface area contributed by atoms with Crippen molar-refractivity contribution in [1.82, 2.24) is 14.8 Å². The Morgan fingerprint density at radius 2 is 1.80 bits per heavy atom. The minimum Gasteiger partial charge on any atom is -0.326 e. The molecular weight excluding hydrogens is 392 g/mol. The minimum atomic E-state index is -0.0480. The van der Waals surface area contributed by atoms with Crippen LogP contribution >= 0.6 is 11.3 Å². The molecule has 4 rings (SSSR count). The van der Waals surface area contributed by atoms with E-state index in [1.807, 2.05) is 79.4 Å². The average molecular weight is 417 g/mol. The zero-order valence-electron chi connectivity index (χ0n) is 17.6. The highest BCUT2D eigenvalue weighted by Gasteiger charge is 2.18. The van der Waals surface area contributed by atoms with Crippen LogP contribution in [0, 0.1) is 27.7 Å². The van der Waals surface area contributed by atoms with E-state index < -0.39 is 0 Å². The SMILES string of the molecule is Cc1ccc(NC(=O)Cc2c(C)nn(-c3nc(-c4ccccc4)cs3)c2C)cc1C. The van der Waals surface area contributed by atoms with Crippen molar-refractivity contribution in [2.45, 2.75) is 34.1 Å². The van der Waals surface area contributed by atoms with E-state index in [1.54, 1.807) is 11.3 Å². The Bertz CT molecular complexity index is 1210. The normalized spacial score (nSPS) is 10.9. The smallest absolute Gasteiger partial charge is 0.228 e. The van der Waals surface area contributed by atoms with Gasteiger partial charge in [0, 0.05) is 27.9 Å². The Kier molecular flexibility index (Phi) is 5.50. The molecule has 0 aliphatic carbocycles. The highest BCUT2D eigenvalue weighted by molar-refractivity contribution is 7.12. The number of rotatable bonds is 5. The molecular formula is C24H24N4OS. The van der Waals surface area contributed by atoms with E-state index in [-0.39, 0.29) is 12.3 Å². The molecule has 0 radical (unpaired) electrons. The number of aromatic nitrogens is 3. The quantitative estimate of drug-likeness (QED) is 0.473. The molecule has 6 heteroatoms. The van der Waals surface area contributed by atoms with Gasteiger partial charge < -0.3 is 5.32 Å². The van der Waals surface area contributed by atoms with Gasteiger partial charge in [-0.2, -0.15) is 5.10 Å². The zero-order chi connectivity index (χ0) is 21.3. The predicted octanol–water partition coefficient (Wildman–Crippen LogP) is 5.41. The van der Waals surface area contributed by atoms with Gasteiger partial charge in [0.15, 0.2) is 0 Å². The van der Waals surface area contributed by atoms with E-state index in [9.17, 15) is 4.79 Å². The van der Waals surface area contributed by atoms with Gasteiger partial charge in [-0.05, 0) is 51.0 Å². The van der Waals surface area contributed by atoms with Crippen LogP contribution in [0.4, 0.5) is 5.69 Å². The second-order valence-electron chi connectivity index (χ2n) is 7.47. The molecule has 152 valence electrons. The molecule has 2 aromatic heterocycles. The van der Waals surface area contributed by atoms with Crippen LogP contribution in [0.25, 0.3) is 16.4 Å². The van der Waals surface area contributed by atoms with Gasteiger partial charge in [0.25, 0.3) is 0 Å². The summed E-state index contributed by atoms with van der Waals surface area (Å²) >= 11 is 1.55. The summed E-state index contributed by atoms with van der Waals surface area (Å²) in [6, 6.07) is 16.0. The summed E-state index contributed by atoms with van der Waals surface area (Å²) in [4.78, 5) is 17.4. The van der Waals surface area contributed by atoms with Gasteiger partial charge in [-0.25, -0.2) is 9.67 Å². The van der Waals surface area contributed by atoms with Crippen LogP contribution in [-0.4, -0.2) is 20.7 Å². The first kappa shape index (κ1) is 20.0. The molecule has 2 heterocycles. The highest BCUT2D eigenvalue weighted by Crippen LogP contribution is 2.26. The fourth-order valence-corrected chi connectivity index (χ4v) is 4.24. The maximum absolute atomic E-state index is 12.7. The predicted molar refractivity (Wildman–Crippen MR) is 122 cm³/mol. The molecule has 0 saturated heterocycles. The van der Waals surface area contributed by atoms with Gasteiger partial charge in [-0.3, -0.25) is 4.79 Å². The Labute approximate surface area is 180 Å². The first-order chi connectivity index (χ1) is 14.4. The number of benzene rings is 2. The second-order valence-corrected chi connectivity index (χ2v) is 8.30. The number of aryl methyl sites for hydroxylation is 3. The van der Waals surface area contributed by atoms with Gasteiger partial charge in [0.2, 0.25) is 11.0 Å². The fraction of sp³-hybridized carbons (Fsp3) is 0.208. The van der Waals surface area contributed by atoms with Crippen LogP contribution in [0.15, 0.2) is 53.9 Å². The van der Waals surface area contributed by atoms with Crippen molar-refractivity contribution in [1.29, 1.82) is 0 Å². The summed E-state index contributed by atoms with van der Waals surface area (Å²) in [7, 11) is 0. The van der Waals surface area contributed by atoms with Gasteiger partial charge >= 0.3 is 0 Å². The maximum atomic E-state index is 12.7. The van der Waals surface area contributed by atoms with E-state index >= 15 is 0 Å². The lowest BCUT2D eigenvalue weighted by Gasteiger charge is -2.08. The number of carbonyl (C=O) groups excluding carboxylic acids is 1. The van der Waals surface area contributed by atoms with E-state index in [1.165, 1.54) is 5.56 Å². The lowest BCUT2D eigenvalue weighted by molar-refractivity contribution is -0.115. The number of hydrogen-bond acceptors (Lipinski definition) is 4. The van der Waals surface area contributed by atoms with Crippen LogP contribution in [0.1, 0.15) is 28.1 Å². The third-order valence-corrected chi connectivity index (χ3v) is 6.13. The van der Waals surface area contributed by atoms with Crippen LogP contribution in [-0.2, 0) is 11.2 Å². The molecule has 1 amide bonds. The second kappa shape index (κ2) is 8.24. The lowest BCUT2D eigenvalue weighted by atomic mass is 10.1. The van der Waals surface area contributed by atoms with Crippen LogP contribution in [0.5, 0.6) is 0 Å². The van der Waals surface area contributed by atoms with E-state index in [2.05, 4.69) is 17.3 Å². The number of thiazole rings is 1. The van der Waals surface area contributed by atoms with Crippen LogP contribution in [0.3, 0.4) is 0 Å². The number of amides is 1. The third kappa shape index (κ3) is 4.04. The van der Waals surface area contributed by atoms with Crippen molar-refractivity contribution in [2.75, 3.05) is 5.32 Å². The summed E-state index contributed by atoms with van der Waals surface area (Å²) in [6.45, 7) is 8.03. The summed E-state index contributed by atoms with van der Waals surface area (Å²) in [5.41, 5.74) is 7.92. The molecule has 0 fully saturated rings. The van der Waals surface area contributed by atoms with E-state index in [0.29, 0.717) is 0 Å². The Balaban J connectivity index is 1.54. The van der Waals surface area contributed by atoms with Crippen LogP contribution in [0.2, 0.25) is 0 Å². The molecule has 30 heavy (non-hydrogen) atoms. The van der Waals surface area contributed by atoms with Gasteiger partial charge in [-0.15, -0.1) is 11.3 Å². The van der Waals surface area contributed by atoms with Gasteiger partial charge in [0.1, 0.15) is 0 Å².